The fourth-order valence-corrected chi connectivity index (χ4v) is 2.93. The molecule has 2 aromatic carbocycles. The number of nitrogens with zero attached hydrogens (tertiary/aromatic N) is 1. The van der Waals surface area contributed by atoms with Crippen molar-refractivity contribution < 1.29 is 23.9 Å². The number of carbonyl (C=O) groups is 3. The average molecular weight is 404 g/mol. The van der Waals surface area contributed by atoms with Crippen LogP contribution in [0.1, 0.15) is 18.1 Å². The second kappa shape index (κ2) is 8.97. The Balaban J connectivity index is 2.01. The third-order valence-electron chi connectivity index (χ3n) is 4.54. The number of anilines is 1. The van der Waals surface area contributed by atoms with Crippen LogP contribution in [0, 0.1) is 12.3 Å². The molecule has 1 aliphatic rings. The number of hydrogen-bond donors (Lipinski definition) is 1. The molecule has 1 N–H and O–H groups in total. The van der Waals surface area contributed by atoms with Gasteiger partial charge in [0, 0.05) is 11.6 Å². The van der Waals surface area contributed by atoms with Crippen LogP contribution in [0.3, 0.4) is 0 Å². The van der Waals surface area contributed by atoms with Crippen molar-refractivity contribution in [2.75, 3.05) is 18.6 Å². The minimum atomic E-state index is -0.801. The number of urea groups is 1. The highest BCUT2D eigenvalue weighted by molar-refractivity contribution is 6.39. The molecule has 4 amide bonds. The number of carbonyl (C=O) groups excluding carboxylic acids is 3. The first-order chi connectivity index (χ1) is 14.5. The molecule has 0 saturated carbocycles. The monoisotopic (exact) mass is 404 g/mol. The van der Waals surface area contributed by atoms with E-state index in [0.29, 0.717) is 22.7 Å². The second-order valence-corrected chi connectivity index (χ2v) is 6.37. The third kappa shape index (κ3) is 4.18. The van der Waals surface area contributed by atoms with E-state index < -0.39 is 17.8 Å². The lowest BCUT2D eigenvalue weighted by Crippen LogP contribution is -2.54. The van der Waals surface area contributed by atoms with Crippen LogP contribution in [-0.2, 0) is 16.0 Å². The standard InChI is InChI=1S/C23H20N2O5/c1-4-12-30-20-14-18(29-3)11-8-16(20)13-19-21(26)24-23(28)25(22(19)27)17-9-6-15(5-2)7-10-17/h1,6-11,13-14H,5,12H2,2-3H3,(H,24,26,28)/b19-13+. The largest absolute Gasteiger partial charge is 0.497 e. The maximum Gasteiger partial charge on any atom is 0.335 e. The first kappa shape index (κ1) is 20.7. The molecule has 0 radical (unpaired) electrons. The van der Waals surface area contributed by atoms with Crippen LogP contribution in [0.5, 0.6) is 11.5 Å². The van der Waals surface area contributed by atoms with Crippen LogP contribution >= 0.6 is 0 Å². The molecule has 0 aromatic heterocycles. The maximum absolute atomic E-state index is 13.0. The summed E-state index contributed by atoms with van der Waals surface area (Å²) in [5.41, 5.74) is 1.67. The van der Waals surface area contributed by atoms with Crippen molar-refractivity contribution in [1.82, 2.24) is 5.32 Å². The predicted molar refractivity (Wildman–Crippen MR) is 112 cm³/mol. The summed E-state index contributed by atoms with van der Waals surface area (Å²) in [6, 6.07) is 11.1. The Labute approximate surface area is 174 Å². The SMILES string of the molecule is C#CCOc1cc(OC)ccc1/C=C1\C(=O)NC(=O)N(c2ccc(CC)cc2)C1=O. The van der Waals surface area contributed by atoms with E-state index in [-0.39, 0.29) is 12.2 Å². The molecular formula is C23H20N2O5. The van der Waals surface area contributed by atoms with Crippen LogP contribution in [-0.4, -0.2) is 31.6 Å². The van der Waals surface area contributed by atoms with E-state index in [1.807, 2.05) is 19.1 Å². The van der Waals surface area contributed by atoms with Gasteiger partial charge >= 0.3 is 6.03 Å². The van der Waals surface area contributed by atoms with E-state index >= 15 is 0 Å². The van der Waals surface area contributed by atoms with Crippen LogP contribution in [0.4, 0.5) is 10.5 Å². The fraction of sp³-hybridized carbons (Fsp3) is 0.174. The van der Waals surface area contributed by atoms with Gasteiger partial charge in [0.1, 0.15) is 23.7 Å². The molecule has 1 heterocycles. The van der Waals surface area contributed by atoms with Gasteiger partial charge in [0.25, 0.3) is 11.8 Å². The number of rotatable bonds is 6. The van der Waals surface area contributed by atoms with Crippen molar-refractivity contribution in [2.45, 2.75) is 13.3 Å². The van der Waals surface area contributed by atoms with Gasteiger partial charge in [-0.25, -0.2) is 9.69 Å². The molecule has 1 aliphatic heterocycles. The summed E-state index contributed by atoms with van der Waals surface area (Å²) in [5.74, 6) is 1.71. The Bertz CT molecular complexity index is 1060. The van der Waals surface area contributed by atoms with Crippen LogP contribution < -0.4 is 19.7 Å². The zero-order chi connectivity index (χ0) is 21.7. The Hall–Kier alpha value is -4.05. The van der Waals surface area contributed by atoms with Crippen molar-refractivity contribution >= 4 is 29.6 Å². The number of terminal acetylenes is 1. The maximum atomic E-state index is 13.0. The van der Waals surface area contributed by atoms with E-state index in [0.717, 1.165) is 16.9 Å². The number of nitrogens with one attached hydrogen (secondary N) is 1. The highest BCUT2D eigenvalue weighted by Gasteiger charge is 2.37. The van der Waals surface area contributed by atoms with Gasteiger partial charge in [-0.3, -0.25) is 14.9 Å². The van der Waals surface area contributed by atoms with Crippen molar-refractivity contribution in [3.05, 3.63) is 59.2 Å². The molecule has 2 aromatic rings. The number of aryl methyl sites for hydroxylation is 1. The molecule has 7 nitrogen and oxygen atoms in total. The molecule has 7 heteroatoms. The molecular weight excluding hydrogens is 384 g/mol. The first-order valence-electron chi connectivity index (χ1n) is 9.23. The summed E-state index contributed by atoms with van der Waals surface area (Å²) in [5, 5.41) is 2.20. The quantitative estimate of drug-likeness (QED) is 0.455. The summed E-state index contributed by atoms with van der Waals surface area (Å²) in [6.45, 7) is 2.00. The Morgan fingerprint density at radius 1 is 1.13 bits per heavy atom. The van der Waals surface area contributed by atoms with E-state index in [2.05, 4.69) is 11.2 Å². The number of ether oxygens (including phenoxy) is 2. The Morgan fingerprint density at radius 2 is 1.87 bits per heavy atom. The van der Waals surface area contributed by atoms with E-state index in [1.54, 1.807) is 30.3 Å². The molecule has 0 spiro atoms. The van der Waals surface area contributed by atoms with Crippen molar-refractivity contribution in [3.8, 4) is 23.8 Å². The third-order valence-corrected chi connectivity index (χ3v) is 4.54. The number of amides is 4. The summed E-state index contributed by atoms with van der Waals surface area (Å²) in [4.78, 5) is 38.7. The van der Waals surface area contributed by atoms with Crippen LogP contribution in [0.15, 0.2) is 48.0 Å². The zero-order valence-electron chi connectivity index (χ0n) is 16.6. The molecule has 0 unspecified atom stereocenters. The first-order valence-corrected chi connectivity index (χ1v) is 9.23. The topological polar surface area (TPSA) is 84.9 Å². The van der Waals surface area contributed by atoms with Gasteiger partial charge in [0.05, 0.1) is 12.8 Å². The molecule has 1 fully saturated rings. The molecule has 1 saturated heterocycles. The summed E-state index contributed by atoms with van der Waals surface area (Å²) in [6.07, 6.45) is 7.45. The van der Waals surface area contributed by atoms with Crippen molar-refractivity contribution in [2.24, 2.45) is 0 Å². The Morgan fingerprint density at radius 3 is 2.50 bits per heavy atom. The summed E-state index contributed by atoms with van der Waals surface area (Å²) < 4.78 is 10.7. The predicted octanol–water partition coefficient (Wildman–Crippen LogP) is 2.94. The number of benzene rings is 2. The van der Waals surface area contributed by atoms with Crippen molar-refractivity contribution in [3.63, 3.8) is 0 Å². The van der Waals surface area contributed by atoms with Gasteiger partial charge in [-0.05, 0) is 42.3 Å². The molecule has 3 rings (SSSR count). The molecule has 152 valence electrons. The number of hydrogen-bond acceptors (Lipinski definition) is 5. The average Bonchev–Trinajstić information content (AvgIpc) is 2.75. The molecule has 0 aliphatic carbocycles. The highest BCUT2D eigenvalue weighted by atomic mass is 16.5. The molecule has 0 bridgehead atoms. The van der Waals surface area contributed by atoms with Gasteiger partial charge in [-0.1, -0.05) is 25.0 Å². The zero-order valence-corrected chi connectivity index (χ0v) is 16.6. The van der Waals surface area contributed by atoms with Gasteiger partial charge in [-0.15, -0.1) is 6.42 Å². The summed E-state index contributed by atoms with van der Waals surface area (Å²) >= 11 is 0. The van der Waals surface area contributed by atoms with Gasteiger partial charge in [0.15, 0.2) is 0 Å². The van der Waals surface area contributed by atoms with Crippen LogP contribution in [0.25, 0.3) is 6.08 Å². The van der Waals surface area contributed by atoms with Crippen molar-refractivity contribution in [1.29, 1.82) is 0 Å². The number of barbiturate groups is 1. The van der Waals surface area contributed by atoms with Crippen LogP contribution in [0.2, 0.25) is 0 Å². The van der Waals surface area contributed by atoms with Gasteiger partial charge in [-0.2, -0.15) is 0 Å². The smallest absolute Gasteiger partial charge is 0.335 e. The van der Waals surface area contributed by atoms with Gasteiger partial charge < -0.3 is 9.47 Å². The normalized spacial score (nSPS) is 15.0. The van der Waals surface area contributed by atoms with E-state index in [9.17, 15) is 14.4 Å². The second-order valence-electron chi connectivity index (χ2n) is 6.37. The lowest BCUT2D eigenvalue weighted by molar-refractivity contribution is -0.122. The molecule has 30 heavy (non-hydrogen) atoms. The van der Waals surface area contributed by atoms with E-state index in [1.165, 1.54) is 13.2 Å². The van der Waals surface area contributed by atoms with Gasteiger partial charge in [0.2, 0.25) is 0 Å². The lowest BCUT2D eigenvalue weighted by atomic mass is 10.1. The molecule has 0 atom stereocenters. The number of imide groups is 2. The lowest BCUT2D eigenvalue weighted by Gasteiger charge is -2.26. The van der Waals surface area contributed by atoms with E-state index in [4.69, 9.17) is 15.9 Å². The Kier molecular flexibility index (Phi) is 6.18. The minimum absolute atomic E-state index is 0.00211. The fourth-order valence-electron chi connectivity index (χ4n) is 2.93. The highest BCUT2D eigenvalue weighted by Crippen LogP contribution is 2.29. The summed E-state index contributed by atoms with van der Waals surface area (Å²) in [7, 11) is 1.50. The number of methoxy groups -OCH3 is 1. The minimum Gasteiger partial charge on any atom is -0.497 e.